The van der Waals surface area contributed by atoms with Crippen molar-refractivity contribution in [3.63, 3.8) is 0 Å². The van der Waals surface area contributed by atoms with Gasteiger partial charge in [0.15, 0.2) is 0 Å². The largest absolute Gasteiger partial charge is 0.385 e. The fourth-order valence-corrected chi connectivity index (χ4v) is 0.558. The molecular formula is C7H20O2S. The Morgan fingerprint density at radius 2 is 1.90 bits per heavy atom. The van der Waals surface area contributed by atoms with Crippen molar-refractivity contribution in [1.82, 2.24) is 0 Å². The van der Waals surface area contributed by atoms with Gasteiger partial charge in [-0.25, -0.2) is 0 Å². The molecule has 0 heterocycles. The minimum absolute atomic E-state index is 0. The third-order valence-corrected chi connectivity index (χ3v) is 1.12. The van der Waals surface area contributed by atoms with E-state index in [-0.39, 0.29) is 1.43 Å². The van der Waals surface area contributed by atoms with E-state index < -0.39 is 0 Å². The van der Waals surface area contributed by atoms with Crippen LogP contribution in [0.2, 0.25) is 0 Å². The lowest BCUT2D eigenvalue weighted by Gasteiger charge is -1.84. The van der Waals surface area contributed by atoms with Gasteiger partial charge in [-0.2, -0.15) is 0 Å². The van der Waals surface area contributed by atoms with Gasteiger partial charge < -0.3 is 8.92 Å². The SMILES string of the molecule is CCCOC.CCSOC.[HH]. The Bertz CT molecular complexity index is 37.4. The van der Waals surface area contributed by atoms with Crippen molar-refractivity contribution in [2.24, 2.45) is 0 Å². The van der Waals surface area contributed by atoms with Gasteiger partial charge in [0, 0.05) is 20.9 Å². The molecule has 0 unspecified atom stereocenters. The number of ether oxygens (including phenoxy) is 1. The third kappa shape index (κ3) is 24.0. The molecule has 0 aromatic heterocycles. The maximum Gasteiger partial charge on any atom is 0.0503 e. The molecule has 0 rings (SSSR count). The summed E-state index contributed by atoms with van der Waals surface area (Å²) in [6.45, 7) is 5.03. The number of rotatable bonds is 4. The summed E-state index contributed by atoms with van der Waals surface area (Å²) in [6, 6.07) is 0. The molecule has 0 spiro atoms. The second-order valence-corrected chi connectivity index (χ2v) is 2.71. The Kier molecular flexibility index (Phi) is 20.8. The van der Waals surface area contributed by atoms with Crippen molar-refractivity contribution in [2.75, 3.05) is 26.6 Å². The quantitative estimate of drug-likeness (QED) is 0.601. The van der Waals surface area contributed by atoms with Gasteiger partial charge in [0.25, 0.3) is 0 Å². The summed E-state index contributed by atoms with van der Waals surface area (Å²) in [5.41, 5.74) is 0. The van der Waals surface area contributed by atoms with Crippen LogP contribution in [0.25, 0.3) is 0 Å². The Morgan fingerprint density at radius 1 is 1.30 bits per heavy atom. The first kappa shape index (κ1) is 12.9. The van der Waals surface area contributed by atoms with Gasteiger partial charge in [0.05, 0.1) is 7.11 Å². The summed E-state index contributed by atoms with van der Waals surface area (Å²) in [4.78, 5) is 0. The Morgan fingerprint density at radius 3 is 1.90 bits per heavy atom. The van der Waals surface area contributed by atoms with Gasteiger partial charge in [0.1, 0.15) is 0 Å². The summed E-state index contributed by atoms with van der Waals surface area (Å²) in [7, 11) is 3.39. The van der Waals surface area contributed by atoms with E-state index in [0.717, 1.165) is 18.8 Å². The highest BCUT2D eigenvalue weighted by Crippen LogP contribution is 1.94. The molecule has 0 aromatic rings. The van der Waals surface area contributed by atoms with Crippen molar-refractivity contribution >= 4 is 12.0 Å². The lowest BCUT2D eigenvalue weighted by Crippen LogP contribution is -1.80. The van der Waals surface area contributed by atoms with E-state index in [4.69, 9.17) is 4.74 Å². The van der Waals surface area contributed by atoms with Crippen molar-refractivity contribution < 1.29 is 10.3 Å². The minimum Gasteiger partial charge on any atom is -0.385 e. The molecule has 0 saturated carbocycles. The molecule has 0 saturated heterocycles. The monoisotopic (exact) mass is 168 g/mol. The molecule has 0 aliphatic heterocycles. The topological polar surface area (TPSA) is 18.5 Å². The Hall–Kier alpha value is 0.270. The zero-order valence-electron chi connectivity index (χ0n) is 7.35. The Labute approximate surface area is 70.0 Å². The van der Waals surface area contributed by atoms with Crippen LogP contribution in [0, 0.1) is 0 Å². The van der Waals surface area contributed by atoms with Gasteiger partial charge in [-0.05, 0) is 18.5 Å². The average Bonchev–Trinajstić information content (AvgIpc) is 1.93. The summed E-state index contributed by atoms with van der Waals surface area (Å²) in [5, 5.41) is 0. The molecule has 3 heteroatoms. The van der Waals surface area contributed by atoms with Crippen molar-refractivity contribution in [3.8, 4) is 0 Å². The van der Waals surface area contributed by atoms with Crippen molar-refractivity contribution in [3.05, 3.63) is 0 Å². The highest BCUT2D eigenvalue weighted by Gasteiger charge is 1.67. The van der Waals surface area contributed by atoms with Crippen LogP contribution in [0.4, 0.5) is 0 Å². The third-order valence-electron chi connectivity index (χ3n) is 0.644. The normalized spacial score (nSPS) is 8.40. The summed E-state index contributed by atoms with van der Waals surface area (Å²) >= 11 is 1.46. The molecule has 0 fully saturated rings. The average molecular weight is 168 g/mol. The van der Waals surface area contributed by atoms with Crippen LogP contribution in [-0.2, 0) is 8.92 Å². The first-order valence-corrected chi connectivity index (χ1v) is 4.39. The van der Waals surface area contributed by atoms with Gasteiger partial charge in [0.2, 0.25) is 0 Å². The highest BCUT2D eigenvalue weighted by atomic mass is 32.2. The molecular weight excluding hydrogens is 148 g/mol. The Balaban J connectivity index is -0.000000107. The maximum absolute atomic E-state index is 4.69. The molecule has 0 aliphatic carbocycles. The highest BCUT2D eigenvalue weighted by molar-refractivity contribution is 7.94. The molecule has 0 aliphatic rings. The molecule has 0 N–H and O–H groups in total. The van der Waals surface area contributed by atoms with E-state index in [1.54, 1.807) is 14.2 Å². The predicted octanol–water partition coefficient (Wildman–Crippen LogP) is 2.59. The lowest BCUT2D eigenvalue weighted by molar-refractivity contribution is 0.199. The zero-order valence-corrected chi connectivity index (χ0v) is 8.16. The van der Waals surface area contributed by atoms with Gasteiger partial charge in [-0.1, -0.05) is 13.8 Å². The molecule has 0 bridgehead atoms. The molecule has 0 radical (unpaired) electrons. The smallest absolute Gasteiger partial charge is 0.0503 e. The number of hydrogen-bond donors (Lipinski definition) is 0. The van der Waals surface area contributed by atoms with Crippen LogP contribution in [0.3, 0.4) is 0 Å². The van der Waals surface area contributed by atoms with Crippen LogP contribution in [0.15, 0.2) is 0 Å². The standard InChI is InChI=1S/C4H10O.C3H8OS.H2/c1-3-4-5-2;1-3-5-4-2;/h3-4H2,1-2H3;3H2,1-2H3;1H. The van der Waals surface area contributed by atoms with Crippen LogP contribution in [0.5, 0.6) is 0 Å². The number of hydrogen-bond acceptors (Lipinski definition) is 3. The van der Waals surface area contributed by atoms with Crippen molar-refractivity contribution in [1.29, 1.82) is 0 Å². The second kappa shape index (κ2) is 16.1. The fraction of sp³-hybridized carbons (Fsp3) is 1.00. The van der Waals surface area contributed by atoms with Gasteiger partial charge in [-0.15, -0.1) is 0 Å². The summed E-state index contributed by atoms with van der Waals surface area (Å²) in [6.07, 6.45) is 1.12. The summed E-state index contributed by atoms with van der Waals surface area (Å²) < 4.78 is 9.30. The van der Waals surface area contributed by atoms with E-state index in [2.05, 4.69) is 11.1 Å². The van der Waals surface area contributed by atoms with Crippen LogP contribution >= 0.6 is 12.0 Å². The molecule has 66 valence electrons. The van der Waals surface area contributed by atoms with E-state index in [1.165, 1.54) is 12.0 Å². The number of methoxy groups -OCH3 is 1. The predicted molar refractivity (Wildman–Crippen MR) is 49.4 cm³/mol. The first-order valence-electron chi connectivity index (χ1n) is 3.47. The van der Waals surface area contributed by atoms with Crippen molar-refractivity contribution in [2.45, 2.75) is 20.3 Å². The molecule has 0 atom stereocenters. The molecule has 0 amide bonds. The lowest BCUT2D eigenvalue weighted by atomic mass is 10.5. The van der Waals surface area contributed by atoms with Crippen LogP contribution in [-0.4, -0.2) is 26.6 Å². The molecule has 0 aromatic carbocycles. The van der Waals surface area contributed by atoms with Gasteiger partial charge >= 0.3 is 0 Å². The van der Waals surface area contributed by atoms with E-state index in [9.17, 15) is 0 Å². The van der Waals surface area contributed by atoms with Crippen LogP contribution in [0.1, 0.15) is 21.7 Å². The molecule has 10 heavy (non-hydrogen) atoms. The summed E-state index contributed by atoms with van der Waals surface area (Å²) in [5.74, 6) is 1.04. The first-order chi connectivity index (χ1) is 4.83. The zero-order chi connectivity index (χ0) is 8.24. The van der Waals surface area contributed by atoms with E-state index >= 15 is 0 Å². The second-order valence-electron chi connectivity index (χ2n) is 1.57. The molecule has 2 nitrogen and oxygen atoms in total. The van der Waals surface area contributed by atoms with Gasteiger partial charge in [-0.3, -0.25) is 0 Å². The fourth-order valence-electron chi connectivity index (χ4n) is 0.322. The van der Waals surface area contributed by atoms with Crippen LogP contribution < -0.4 is 0 Å². The van der Waals surface area contributed by atoms with E-state index in [1.807, 2.05) is 6.92 Å². The minimum atomic E-state index is 0. The maximum atomic E-state index is 4.69. The van der Waals surface area contributed by atoms with E-state index in [0.29, 0.717) is 0 Å².